The minimum absolute atomic E-state index is 0.0697. The lowest BCUT2D eigenvalue weighted by Crippen LogP contribution is -2.16. The van der Waals surface area contributed by atoms with E-state index in [0.29, 0.717) is 0 Å². The Kier molecular flexibility index (Phi) is 4.90. The van der Waals surface area contributed by atoms with Crippen molar-refractivity contribution in [2.45, 2.75) is 26.5 Å². The van der Waals surface area contributed by atoms with Crippen LogP contribution in [0.3, 0.4) is 0 Å². The monoisotopic (exact) mass is 336 g/mol. The fourth-order valence-corrected chi connectivity index (χ4v) is 2.58. The van der Waals surface area contributed by atoms with Crippen molar-refractivity contribution in [1.29, 1.82) is 0 Å². The maximum Gasteiger partial charge on any atom is 0.295 e. The minimum atomic E-state index is -0.710. The van der Waals surface area contributed by atoms with Gasteiger partial charge in [-0.05, 0) is 31.0 Å². The Morgan fingerprint density at radius 3 is 2.68 bits per heavy atom. The van der Waals surface area contributed by atoms with Crippen molar-refractivity contribution < 1.29 is 9.90 Å². The van der Waals surface area contributed by atoms with Crippen LogP contribution in [0.1, 0.15) is 33.4 Å². The van der Waals surface area contributed by atoms with E-state index in [1.807, 2.05) is 62.4 Å². The zero-order valence-electron chi connectivity index (χ0n) is 14.2. The van der Waals surface area contributed by atoms with Crippen molar-refractivity contribution in [2.24, 2.45) is 0 Å². The highest BCUT2D eigenvalue weighted by Gasteiger charge is 2.15. The number of hydrogen-bond acceptors (Lipinski definition) is 4. The number of aromatic nitrogens is 3. The maximum atomic E-state index is 12.3. The molecule has 1 amide bonds. The Labute approximate surface area is 146 Å². The van der Waals surface area contributed by atoms with Crippen molar-refractivity contribution >= 4 is 11.6 Å². The third-order valence-electron chi connectivity index (χ3n) is 3.91. The molecule has 3 rings (SSSR count). The third kappa shape index (κ3) is 4.10. The first kappa shape index (κ1) is 16.9. The summed E-state index contributed by atoms with van der Waals surface area (Å²) in [6.45, 7) is 4.17. The van der Waals surface area contributed by atoms with Gasteiger partial charge in [-0.2, -0.15) is 0 Å². The average Bonchev–Trinajstić information content (AvgIpc) is 3.07. The van der Waals surface area contributed by atoms with E-state index < -0.39 is 6.10 Å². The Balaban J connectivity index is 1.67. The van der Waals surface area contributed by atoms with E-state index in [-0.39, 0.29) is 18.3 Å². The first-order chi connectivity index (χ1) is 12.0. The Morgan fingerprint density at radius 1 is 1.20 bits per heavy atom. The first-order valence-corrected chi connectivity index (χ1v) is 8.04. The van der Waals surface area contributed by atoms with Crippen LogP contribution in [-0.4, -0.2) is 25.8 Å². The molecule has 1 atom stereocenters. The predicted molar refractivity (Wildman–Crippen MR) is 95.3 cm³/mol. The van der Waals surface area contributed by atoms with E-state index in [2.05, 4.69) is 15.4 Å². The van der Waals surface area contributed by atoms with Crippen molar-refractivity contribution in [2.75, 3.05) is 5.32 Å². The number of amides is 1. The van der Waals surface area contributed by atoms with Crippen LogP contribution in [0.15, 0.2) is 54.9 Å². The van der Waals surface area contributed by atoms with Gasteiger partial charge >= 0.3 is 0 Å². The number of nitrogens with zero attached hydrogens (tertiary/aromatic N) is 3. The van der Waals surface area contributed by atoms with Crippen LogP contribution in [-0.2, 0) is 6.54 Å². The molecule has 1 heterocycles. The molecule has 0 fully saturated rings. The molecule has 0 aliphatic heterocycles. The fourth-order valence-electron chi connectivity index (χ4n) is 2.58. The molecule has 128 valence electrons. The fraction of sp³-hybridized carbons (Fsp3) is 0.211. The lowest BCUT2D eigenvalue weighted by molar-refractivity contribution is 0.101. The molecular weight excluding hydrogens is 316 g/mol. The van der Waals surface area contributed by atoms with Crippen LogP contribution in [0.25, 0.3) is 0 Å². The molecule has 6 nitrogen and oxygen atoms in total. The van der Waals surface area contributed by atoms with E-state index >= 15 is 0 Å². The van der Waals surface area contributed by atoms with Gasteiger partial charge in [-0.25, -0.2) is 9.67 Å². The van der Waals surface area contributed by atoms with Gasteiger partial charge in [0.25, 0.3) is 5.91 Å². The van der Waals surface area contributed by atoms with Gasteiger partial charge in [-0.15, -0.1) is 5.10 Å². The summed E-state index contributed by atoms with van der Waals surface area (Å²) >= 11 is 0. The van der Waals surface area contributed by atoms with Crippen molar-refractivity contribution in [1.82, 2.24) is 14.8 Å². The van der Waals surface area contributed by atoms with Gasteiger partial charge < -0.3 is 10.4 Å². The van der Waals surface area contributed by atoms with Crippen LogP contribution < -0.4 is 5.32 Å². The third-order valence-corrected chi connectivity index (χ3v) is 3.91. The number of hydrogen-bond donors (Lipinski definition) is 2. The van der Waals surface area contributed by atoms with Gasteiger partial charge in [0.1, 0.15) is 6.33 Å². The normalized spacial score (nSPS) is 12.0. The van der Waals surface area contributed by atoms with E-state index in [4.69, 9.17) is 0 Å². The second-order valence-corrected chi connectivity index (χ2v) is 5.99. The molecule has 2 N–H and O–H groups in total. The zero-order valence-corrected chi connectivity index (χ0v) is 14.2. The second-order valence-electron chi connectivity index (χ2n) is 5.99. The minimum Gasteiger partial charge on any atom is -0.386 e. The summed E-state index contributed by atoms with van der Waals surface area (Å²) in [7, 11) is 0. The van der Waals surface area contributed by atoms with Crippen LogP contribution in [0.2, 0.25) is 0 Å². The van der Waals surface area contributed by atoms with Gasteiger partial charge in [0.15, 0.2) is 0 Å². The number of aliphatic hydroxyl groups excluding tert-OH is 1. The summed E-state index contributed by atoms with van der Waals surface area (Å²) in [4.78, 5) is 16.3. The molecule has 0 saturated heterocycles. The average molecular weight is 336 g/mol. The first-order valence-electron chi connectivity index (χ1n) is 8.04. The number of nitrogens with one attached hydrogen (secondary N) is 1. The van der Waals surface area contributed by atoms with E-state index in [1.165, 1.54) is 11.0 Å². The molecule has 0 bridgehead atoms. The Morgan fingerprint density at radius 2 is 1.96 bits per heavy atom. The van der Waals surface area contributed by atoms with Crippen LogP contribution in [0.5, 0.6) is 0 Å². The lowest BCUT2D eigenvalue weighted by Gasteiger charge is -2.10. The number of benzene rings is 2. The highest BCUT2D eigenvalue weighted by molar-refractivity contribution is 6.01. The van der Waals surface area contributed by atoms with Crippen LogP contribution in [0, 0.1) is 13.8 Å². The van der Waals surface area contributed by atoms with E-state index in [9.17, 15) is 9.90 Å². The molecule has 0 aliphatic rings. The summed E-state index contributed by atoms with van der Waals surface area (Å²) in [6, 6.07) is 15.1. The lowest BCUT2D eigenvalue weighted by atomic mass is 10.1. The zero-order chi connectivity index (χ0) is 17.8. The van der Waals surface area contributed by atoms with Gasteiger partial charge in [-0.3, -0.25) is 4.79 Å². The van der Waals surface area contributed by atoms with Crippen molar-refractivity contribution in [3.8, 4) is 0 Å². The standard InChI is InChI=1S/C19H20N4O2/c1-13-8-9-16(14(2)10-13)21-19(25)18-20-12-23(22-18)11-17(24)15-6-4-3-5-7-15/h3-10,12,17,24H,11H2,1-2H3,(H,21,25)/t17-/m0/s1. The van der Waals surface area contributed by atoms with Gasteiger partial charge in [0, 0.05) is 5.69 Å². The summed E-state index contributed by atoms with van der Waals surface area (Å²) < 4.78 is 1.47. The quantitative estimate of drug-likeness (QED) is 0.751. The topological polar surface area (TPSA) is 80.0 Å². The summed E-state index contributed by atoms with van der Waals surface area (Å²) in [6.07, 6.45) is 0.737. The number of carbonyl (C=O) groups excluding carboxylic acids is 1. The van der Waals surface area contributed by atoms with Crippen LogP contribution >= 0.6 is 0 Å². The molecule has 25 heavy (non-hydrogen) atoms. The van der Waals surface area contributed by atoms with Crippen molar-refractivity contribution in [3.63, 3.8) is 0 Å². The number of rotatable bonds is 5. The molecular formula is C19H20N4O2. The molecule has 0 saturated carbocycles. The molecule has 0 spiro atoms. The predicted octanol–water partition coefficient (Wildman–Crippen LogP) is 2.88. The number of aliphatic hydroxyl groups is 1. The summed E-state index contributed by atoms with van der Waals surface area (Å²) in [5, 5.41) is 17.2. The Bertz CT molecular complexity index is 874. The molecule has 0 unspecified atom stereocenters. The van der Waals surface area contributed by atoms with Crippen molar-refractivity contribution in [3.05, 3.63) is 77.4 Å². The molecule has 0 radical (unpaired) electrons. The molecule has 6 heteroatoms. The second kappa shape index (κ2) is 7.27. The van der Waals surface area contributed by atoms with Gasteiger partial charge in [0.05, 0.1) is 12.6 Å². The van der Waals surface area contributed by atoms with Crippen LogP contribution in [0.4, 0.5) is 5.69 Å². The molecule has 1 aromatic heterocycles. The molecule has 2 aromatic carbocycles. The number of aryl methyl sites for hydroxylation is 2. The van der Waals surface area contributed by atoms with Gasteiger partial charge in [-0.1, -0.05) is 48.0 Å². The highest BCUT2D eigenvalue weighted by Crippen LogP contribution is 2.17. The SMILES string of the molecule is Cc1ccc(NC(=O)c2ncn(C[C@H](O)c3ccccc3)n2)c(C)c1. The summed E-state index contributed by atoms with van der Waals surface area (Å²) in [5.74, 6) is -0.305. The van der Waals surface area contributed by atoms with E-state index in [1.54, 1.807) is 0 Å². The smallest absolute Gasteiger partial charge is 0.295 e. The van der Waals surface area contributed by atoms with Gasteiger partial charge in [0.2, 0.25) is 5.82 Å². The Hall–Kier alpha value is -2.99. The molecule has 3 aromatic rings. The molecule has 0 aliphatic carbocycles. The maximum absolute atomic E-state index is 12.3. The summed E-state index contributed by atoms with van der Waals surface area (Å²) in [5.41, 5.74) is 3.63. The van der Waals surface area contributed by atoms with E-state index in [0.717, 1.165) is 22.4 Å². The number of carbonyl (C=O) groups is 1. The number of anilines is 1. The highest BCUT2D eigenvalue weighted by atomic mass is 16.3. The largest absolute Gasteiger partial charge is 0.386 e.